The van der Waals surface area contributed by atoms with Crippen molar-refractivity contribution in [3.63, 3.8) is 0 Å². The minimum absolute atomic E-state index is 0.00538. The number of ether oxygens (including phenoxy) is 1. The number of hydrogen-bond acceptors (Lipinski definition) is 4. The summed E-state index contributed by atoms with van der Waals surface area (Å²) in [5.41, 5.74) is 3.16. The van der Waals surface area contributed by atoms with E-state index in [0.717, 1.165) is 22.4 Å². The Kier molecular flexibility index (Phi) is 4.95. The molecule has 3 rings (SSSR count). The Labute approximate surface area is 148 Å². The highest BCUT2D eigenvalue weighted by Crippen LogP contribution is 2.35. The smallest absolute Gasteiger partial charge is 0.233 e. The van der Waals surface area contributed by atoms with E-state index in [1.165, 1.54) is 4.90 Å². The van der Waals surface area contributed by atoms with E-state index >= 15 is 0 Å². The monoisotopic (exact) mass is 343 g/mol. The molecule has 1 aromatic carbocycles. The molecule has 0 aromatic heterocycles. The summed E-state index contributed by atoms with van der Waals surface area (Å²) in [6.07, 6.45) is 4.23. The van der Waals surface area contributed by atoms with E-state index in [1.54, 1.807) is 0 Å². The second-order valence-corrected chi connectivity index (χ2v) is 7.06. The number of likely N-dealkylation sites (tertiary alicyclic amines) is 1. The first-order chi connectivity index (χ1) is 11.9. The van der Waals surface area contributed by atoms with Gasteiger partial charge in [-0.2, -0.15) is 0 Å². The molecule has 2 amide bonds. The molecule has 0 bridgehead atoms. The van der Waals surface area contributed by atoms with Gasteiger partial charge in [-0.15, -0.1) is 0 Å². The number of aliphatic hydroxyl groups is 1. The molecule has 134 valence electrons. The van der Waals surface area contributed by atoms with Gasteiger partial charge in [0.2, 0.25) is 11.8 Å². The highest BCUT2D eigenvalue weighted by atomic mass is 16.5. The SMILES string of the molecule is Cc1ccc(C)c(OC[C@@H](O)CN2C(=O)[C@H]3CC=CC[C@H]3C2=O)c1C. The normalized spacial score (nSPS) is 23.8. The Morgan fingerprint density at radius 2 is 1.64 bits per heavy atom. The molecular formula is C20H25NO4. The van der Waals surface area contributed by atoms with Crippen LogP contribution in [-0.4, -0.2) is 41.1 Å². The van der Waals surface area contributed by atoms with Crippen molar-refractivity contribution in [2.24, 2.45) is 11.8 Å². The number of carbonyl (C=O) groups excluding carboxylic acids is 2. The highest BCUT2D eigenvalue weighted by Gasteiger charge is 2.47. The standard InChI is InChI=1S/C20H25NO4/c1-12-8-9-13(2)18(14(12)3)25-11-15(22)10-21-19(23)16-6-4-5-7-17(16)20(21)24/h4-5,8-9,15-17,22H,6-7,10-11H2,1-3H3/t15-,16-,17+/m0/s1. The molecule has 1 aromatic rings. The van der Waals surface area contributed by atoms with Gasteiger partial charge in [-0.05, 0) is 50.3 Å². The second-order valence-electron chi connectivity index (χ2n) is 7.06. The van der Waals surface area contributed by atoms with Gasteiger partial charge in [0.05, 0.1) is 18.4 Å². The number of allylic oxidation sites excluding steroid dienone is 2. The molecule has 5 nitrogen and oxygen atoms in total. The van der Waals surface area contributed by atoms with Crippen molar-refractivity contribution < 1.29 is 19.4 Å². The third-order valence-electron chi connectivity index (χ3n) is 5.29. The van der Waals surface area contributed by atoms with Gasteiger partial charge in [-0.1, -0.05) is 24.3 Å². The van der Waals surface area contributed by atoms with Gasteiger partial charge < -0.3 is 9.84 Å². The van der Waals surface area contributed by atoms with Gasteiger partial charge in [-0.25, -0.2) is 0 Å². The summed E-state index contributed by atoms with van der Waals surface area (Å²) in [6, 6.07) is 4.01. The fourth-order valence-corrected chi connectivity index (χ4v) is 3.64. The minimum atomic E-state index is -0.902. The molecule has 3 atom stereocenters. The van der Waals surface area contributed by atoms with Crippen LogP contribution in [0.1, 0.15) is 29.5 Å². The highest BCUT2D eigenvalue weighted by molar-refractivity contribution is 6.05. The van der Waals surface area contributed by atoms with Gasteiger partial charge in [0.25, 0.3) is 0 Å². The van der Waals surface area contributed by atoms with E-state index in [0.29, 0.717) is 12.8 Å². The van der Waals surface area contributed by atoms with Crippen molar-refractivity contribution in [1.29, 1.82) is 0 Å². The lowest BCUT2D eigenvalue weighted by Crippen LogP contribution is -2.40. The van der Waals surface area contributed by atoms with Crippen molar-refractivity contribution >= 4 is 11.8 Å². The maximum atomic E-state index is 12.4. The Morgan fingerprint density at radius 3 is 2.24 bits per heavy atom. The third-order valence-corrected chi connectivity index (χ3v) is 5.29. The third kappa shape index (κ3) is 3.33. The summed E-state index contributed by atoms with van der Waals surface area (Å²) >= 11 is 0. The first kappa shape index (κ1) is 17.7. The molecule has 1 fully saturated rings. The molecule has 5 heteroatoms. The zero-order valence-corrected chi connectivity index (χ0v) is 15.0. The van der Waals surface area contributed by atoms with Crippen LogP contribution in [0.15, 0.2) is 24.3 Å². The molecule has 0 saturated carbocycles. The Morgan fingerprint density at radius 1 is 1.08 bits per heavy atom. The molecule has 1 N–H and O–H groups in total. The summed E-state index contributed by atoms with van der Waals surface area (Å²) in [4.78, 5) is 26.1. The molecule has 1 saturated heterocycles. The van der Waals surface area contributed by atoms with Gasteiger partial charge >= 0.3 is 0 Å². The van der Waals surface area contributed by atoms with Crippen molar-refractivity contribution in [2.75, 3.05) is 13.2 Å². The molecule has 0 spiro atoms. The fraction of sp³-hybridized carbons (Fsp3) is 0.500. The number of aryl methyl sites for hydroxylation is 2. The van der Waals surface area contributed by atoms with E-state index in [4.69, 9.17) is 4.74 Å². The molecule has 1 aliphatic heterocycles. The van der Waals surface area contributed by atoms with E-state index in [1.807, 2.05) is 45.1 Å². The van der Waals surface area contributed by atoms with Crippen LogP contribution in [-0.2, 0) is 9.59 Å². The Balaban J connectivity index is 1.62. The average molecular weight is 343 g/mol. The summed E-state index contributed by atoms with van der Waals surface area (Å²) in [5, 5.41) is 10.3. The van der Waals surface area contributed by atoms with Crippen molar-refractivity contribution in [3.8, 4) is 5.75 Å². The summed E-state index contributed by atoms with van der Waals surface area (Å²) < 4.78 is 5.80. The molecule has 2 aliphatic rings. The van der Waals surface area contributed by atoms with Crippen molar-refractivity contribution in [3.05, 3.63) is 41.0 Å². The van der Waals surface area contributed by atoms with E-state index in [9.17, 15) is 14.7 Å². The van der Waals surface area contributed by atoms with Crippen LogP contribution in [0, 0.1) is 32.6 Å². The van der Waals surface area contributed by atoms with Crippen LogP contribution < -0.4 is 4.74 Å². The number of aliphatic hydroxyl groups excluding tert-OH is 1. The number of amides is 2. The lowest BCUT2D eigenvalue weighted by atomic mass is 9.85. The van der Waals surface area contributed by atoms with Crippen LogP contribution in [0.4, 0.5) is 0 Å². The van der Waals surface area contributed by atoms with Crippen molar-refractivity contribution in [1.82, 2.24) is 4.90 Å². The van der Waals surface area contributed by atoms with Gasteiger partial charge in [0.15, 0.2) is 0 Å². The van der Waals surface area contributed by atoms with Gasteiger partial charge in [0.1, 0.15) is 18.5 Å². The summed E-state index contributed by atoms with van der Waals surface area (Å²) in [7, 11) is 0. The Hall–Kier alpha value is -2.14. The number of imide groups is 1. The molecule has 1 aliphatic carbocycles. The van der Waals surface area contributed by atoms with E-state index in [2.05, 4.69) is 0 Å². The number of rotatable bonds is 5. The summed E-state index contributed by atoms with van der Waals surface area (Å²) in [5.74, 6) is -0.0858. The number of β-amino-alcohol motifs (C(OH)–C–C–N with tert-alkyl or cyclic N) is 1. The van der Waals surface area contributed by atoms with Crippen LogP contribution in [0.25, 0.3) is 0 Å². The number of hydrogen-bond donors (Lipinski definition) is 1. The zero-order chi connectivity index (χ0) is 18.1. The quantitative estimate of drug-likeness (QED) is 0.658. The lowest BCUT2D eigenvalue weighted by Gasteiger charge is -2.21. The number of fused-ring (bicyclic) bond motifs is 1. The van der Waals surface area contributed by atoms with E-state index in [-0.39, 0.29) is 36.8 Å². The minimum Gasteiger partial charge on any atom is -0.490 e. The molecule has 0 unspecified atom stereocenters. The zero-order valence-electron chi connectivity index (χ0n) is 15.0. The topological polar surface area (TPSA) is 66.8 Å². The van der Waals surface area contributed by atoms with Gasteiger partial charge in [0, 0.05) is 0 Å². The molecular weight excluding hydrogens is 318 g/mol. The van der Waals surface area contributed by atoms with Crippen LogP contribution in [0.5, 0.6) is 5.75 Å². The molecule has 25 heavy (non-hydrogen) atoms. The first-order valence-corrected chi connectivity index (χ1v) is 8.78. The van der Waals surface area contributed by atoms with E-state index < -0.39 is 6.10 Å². The Bertz CT molecular complexity index is 699. The largest absolute Gasteiger partial charge is 0.490 e. The lowest BCUT2D eigenvalue weighted by molar-refractivity contribution is -0.141. The van der Waals surface area contributed by atoms with Gasteiger partial charge in [-0.3, -0.25) is 14.5 Å². The molecule has 1 heterocycles. The summed E-state index contributed by atoms with van der Waals surface area (Å²) in [6.45, 7) is 5.99. The molecule has 0 radical (unpaired) electrons. The van der Waals surface area contributed by atoms with Crippen molar-refractivity contribution in [2.45, 2.75) is 39.7 Å². The first-order valence-electron chi connectivity index (χ1n) is 8.78. The average Bonchev–Trinajstić information content (AvgIpc) is 2.84. The number of benzene rings is 1. The number of carbonyl (C=O) groups is 2. The fourth-order valence-electron chi connectivity index (χ4n) is 3.64. The van der Waals surface area contributed by atoms with Crippen LogP contribution in [0.2, 0.25) is 0 Å². The maximum Gasteiger partial charge on any atom is 0.233 e. The van der Waals surface area contributed by atoms with Crippen LogP contribution >= 0.6 is 0 Å². The number of nitrogens with zero attached hydrogens (tertiary/aromatic N) is 1. The second kappa shape index (κ2) is 7.00. The predicted octanol–water partition coefficient (Wildman–Crippen LogP) is 2.30. The predicted molar refractivity (Wildman–Crippen MR) is 94.2 cm³/mol. The van der Waals surface area contributed by atoms with Crippen LogP contribution in [0.3, 0.4) is 0 Å². The maximum absolute atomic E-state index is 12.4.